The van der Waals surface area contributed by atoms with Gasteiger partial charge in [-0.2, -0.15) is 0 Å². The topological polar surface area (TPSA) is 46.5 Å². The summed E-state index contributed by atoms with van der Waals surface area (Å²) in [6.45, 7) is 8.43. The molecule has 0 bridgehead atoms. The molecule has 32 heavy (non-hydrogen) atoms. The molecule has 3 nitrogen and oxygen atoms in total. The van der Waals surface area contributed by atoms with Crippen LogP contribution in [0.2, 0.25) is 0 Å². The van der Waals surface area contributed by atoms with Gasteiger partial charge in [-0.15, -0.1) is 0 Å². The van der Waals surface area contributed by atoms with Crippen LogP contribution >= 0.6 is 0 Å². The number of rotatable bonds is 4. The molecule has 0 radical (unpaired) electrons. The monoisotopic (exact) mass is 432 g/mol. The Morgan fingerprint density at radius 2 is 1.88 bits per heavy atom. The summed E-state index contributed by atoms with van der Waals surface area (Å²) >= 11 is 0. The third-order valence-electron chi connectivity index (χ3n) is 9.31. The number of benzene rings is 1. The Balaban J connectivity index is 1.48. The molecule has 4 aliphatic carbocycles. The van der Waals surface area contributed by atoms with Crippen molar-refractivity contribution in [1.82, 2.24) is 0 Å². The number of hydrogen-bond acceptors (Lipinski definition) is 3. The number of fused-ring (bicyclic) bond motifs is 4. The average molecular weight is 433 g/mol. The van der Waals surface area contributed by atoms with Gasteiger partial charge in [-0.25, -0.2) is 0 Å². The molecule has 1 aromatic rings. The maximum atomic E-state index is 11.9. The van der Waals surface area contributed by atoms with Gasteiger partial charge >= 0.3 is 0 Å². The lowest BCUT2D eigenvalue weighted by Crippen LogP contribution is -2.48. The van der Waals surface area contributed by atoms with Crippen molar-refractivity contribution in [2.45, 2.75) is 71.0 Å². The summed E-state index contributed by atoms with van der Waals surface area (Å²) in [4.78, 5) is 11.9. The number of carbonyl (C=O) groups excluding carboxylic acids is 1. The minimum Gasteiger partial charge on any atom is -0.362 e. The lowest BCUT2D eigenvalue weighted by Gasteiger charge is -2.52. The van der Waals surface area contributed by atoms with Crippen molar-refractivity contribution in [3.05, 3.63) is 64.8 Å². The van der Waals surface area contributed by atoms with E-state index in [1.807, 2.05) is 37.3 Å². The fourth-order valence-electron chi connectivity index (χ4n) is 7.63. The lowest BCUT2D eigenvalue weighted by atomic mass is 9.55. The standard InChI is InChI=1S/C29H36O3/c1-18(2)19-5-8-21(9-6-19)29(31,32-4)27-14-13-26-25-11-7-20-17-22(30)10-12-23(20)24(25)15-16-28(26,27)3/h5-6,8-9,17,25-27,31H,1,7,10-16H2,2-4H3/t25-,26+,27?,28+,29?/m1/s1. The molecule has 2 saturated carbocycles. The van der Waals surface area contributed by atoms with E-state index in [1.165, 1.54) is 11.1 Å². The highest BCUT2D eigenvalue weighted by Gasteiger charge is 2.60. The van der Waals surface area contributed by atoms with Crippen LogP contribution in [-0.2, 0) is 15.3 Å². The Morgan fingerprint density at radius 1 is 1.12 bits per heavy atom. The fourth-order valence-corrected chi connectivity index (χ4v) is 7.63. The maximum Gasteiger partial charge on any atom is 0.195 e. The zero-order valence-electron chi connectivity index (χ0n) is 19.7. The summed E-state index contributed by atoms with van der Waals surface area (Å²) in [5, 5.41) is 11.9. The predicted molar refractivity (Wildman–Crippen MR) is 128 cm³/mol. The van der Waals surface area contributed by atoms with E-state index in [2.05, 4.69) is 13.5 Å². The van der Waals surface area contributed by atoms with Gasteiger partial charge in [0.2, 0.25) is 0 Å². The van der Waals surface area contributed by atoms with Crippen LogP contribution in [0.3, 0.4) is 0 Å². The number of carbonyl (C=O) groups is 1. The Morgan fingerprint density at radius 3 is 2.56 bits per heavy atom. The highest BCUT2D eigenvalue weighted by atomic mass is 16.6. The molecule has 2 unspecified atom stereocenters. The Bertz CT molecular complexity index is 1010. The molecule has 0 saturated heterocycles. The minimum absolute atomic E-state index is 0.0399. The first kappa shape index (κ1) is 21.9. The SMILES string of the molecule is C=C(C)c1ccc(C(O)(OC)C2CC[C@H]3[C@@H]4CCC5=CC(=O)CCC5=C4CC[C@]23C)cc1. The van der Waals surface area contributed by atoms with E-state index in [0.717, 1.165) is 61.6 Å². The second-order valence-corrected chi connectivity index (χ2v) is 10.8. The van der Waals surface area contributed by atoms with Crippen molar-refractivity contribution < 1.29 is 14.6 Å². The molecule has 0 amide bonds. The van der Waals surface area contributed by atoms with Gasteiger partial charge in [0, 0.05) is 25.0 Å². The molecule has 0 aromatic heterocycles. The molecule has 4 aliphatic rings. The van der Waals surface area contributed by atoms with Crippen LogP contribution in [0.5, 0.6) is 0 Å². The van der Waals surface area contributed by atoms with Crippen molar-refractivity contribution >= 4 is 11.4 Å². The van der Waals surface area contributed by atoms with Gasteiger partial charge in [0.05, 0.1) is 0 Å². The van der Waals surface area contributed by atoms with Gasteiger partial charge in [0.1, 0.15) is 0 Å². The van der Waals surface area contributed by atoms with E-state index in [1.54, 1.807) is 12.7 Å². The molecular weight excluding hydrogens is 396 g/mol. The largest absolute Gasteiger partial charge is 0.362 e. The van der Waals surface area contributed by atoms with E-state index in [9.17, 15) is 9.90 Å². The molecule has 1 aromatic carbocycles. The number of allylic oxidation sites excluding steroid dienone is 5. The summed E-state index contributed by atoms with van der Waals surface area (Å²) in [7, 11) is 1.65. The van der Waals surface area contributed by atoms with Crippen LogP contribution in [-0.4, -0.2) is 18.0 Å². The van der Waals surface area contributed by atoms with Crippen LogP contribution in [0.1, 0.15) is 76.3 Å². The van der Waals surface area contributed by atoms with Gasteiger partial charge < -0.3 is 9.84 Å². The second-order valence-electron chi connectivity index (χ2n) is 10.8. The lowest BCUT2D eigenvalue weighted by molar-refractivity contribution is -0.254. The van der Waals surface area contributed by atoms with Gasteiger partial charge in [-0.3, -0.25) is 4.79 Å². The molecule has 170 valence electrons. The number of ketones is 1. The summed E-state index contributed by atoms with van der Waals surface area (Å²) in [5.74, 6) is 0.244. The highest BCUT2D eigenvalue weighted by Crippen LogP contribution is 2.65. The molecule has 2 fully saturated rings. The Hall–Kier alpha value is -1.97. The molecule has 5 atom stereocenters. The van der Waals surface area contributed by atoms with Crippen molar-refractivity contribution in [2.75, 3.05) is 7.11 Å². The van der Waals surface area contributed by atoms with Crippen LogP contribution < -0.4 is 0 Å². The number of methoxy groups -OCH3 is 1. The van der Waals surface area contributed by atoms with Crippen molar-refractivity contribution in [3.8, 4) is 0 Å². The predicted octanol–water partition coefficient (Wildman–Crippen LogP) is 6.33. The first-order valence-corrected chi connectivity index (χ1v) is 12.3. The van der Waals surface area contributed by atoms with Gasteiger partial charge in [0.15, 0.2) is 11.6 Å². The van der Waals surface area contributed by atoms with Gasteiger partial charge in [-0.05, 0) is 91.9 Å². The molecular formula is C29H36O3. The van der Waals surface area contributed by atoms with Crippen LogP contribution in [0.4, 0.5) is 0 Å². The third-order valence-corrected chi connectivity index (χ3v) is 9.31. The highest BCUT2D eigenvalue weighted by molar-refractivity contribution is 5.93. The van der Waals surface area contributed by atoms with Crippen molar-refractivity contribution in [2.24, 2.45) is 23.2 Å². The third kappa shape index (κ3) is 3.20. The quantitative estimate of drug-likeness (QED) is 0.565. The fraction of sp³-hybridized carbons (Fsp3) is 0.552. The second kappa shape index (κ2) is 7.81. The van der Waals surface area contributed by atoms with Gasteiger partial charge in [0.25, 0.3) is 0 Å². The Labute approximate surface area is 192 Å². The summed E-state index contributed by atoms with van der Waals surface area (Å²) in [6.07, 6.45) is 9.98. The minimum atomic E-state index is -1.28. The molecule has 0 spiro atoms. The van der Waals surface area contributed by atoms with Gasteiger partial charge in [-0.1, -0.05) is 48.9 Å². The average Bonchev–Trinajstić information content (AvgIpc) is 3.16. The molecule has 3 heteroatoms. The number of aliphatic hydroxyl groups is 1. The molecule has 5 rings (SSSR count). The maximum absolute atomic E-state index is 11.9. The number of ether oxygens (including phenoxy) is 1. The summed E-state index contributed by atoms with van der Waals surface area (Å²) < 4.78 is 5.93. The van der Waals surface area contributed by atoms with E-state index in [0.29, 0.717) is 24.0 Å². The first-order valence-electron chi connectivity index (χ1n) is 12.3. The molecule has 1 N–H and O–H groups in total. The van der Waals surface area contributed by atoms with Crippen molar-refractivity contribution in [3.63, 3.8) is 0 Å². The zero-order valence-corrected chi connectivity index (χ0v) is 19.7. The summed E-state index contributed by atoms with van der Waals surface area (Å²) in [6, 6.07) is 8.10. The van der Waals surface area contributed by atoms with Crippen LogP contribution in [0.25, 0.3) is 5.57 Å². The number of hydrogen-bond donors (Lipinski definition) is 1. The smallest absolute Gasteiger partial charge is 0.195 e. The van der Waals surface area contributed by atoms with Crippen molar-refractivity contribution in [1.29, 1.82) is 0 Å². The normalized spacial score (nSPS) is 33.7. The van der Waals surface area contributed by atoms with Crippen LogP contribution in [0, 0.1) is 23.2 Å². The molecule has 0 aliphatic heterocycles. The van der Waals surface area contributed by atoms with E-state index >= 15 is 0 Å². The van der Waals surface area contributed by atoms with E-state index in [4.69, 9.17) is 4.74 Å². The van der Waals surface area contributed by atoms with E-state index in [-0.39, 0.29) is 11.3 Å². The summed E-state index contributed by atoms with van der Waals surface area (Å²) in [5.41, 5.74) is 7.45. The Kier molecular flexibility index (Phi) is 5.34. The van der Waals surface area contributed by atoms with E-state index < -0.39 is 5.79 Å². The molecule has 0 heterocycles. The van der Waals surface area contributed by atoms with Crippen LogP contribution in [0.15, 0.2) is 53.6 Å². The zero-order chi connectivity index (χ0) is 22.7. The first-order chi connectivity index (χ1) is 15.3.